The molecule has 0 spiro atoms. The molecule has 4 nitrogen and oxygen atoms in total. The van der Waals surface area contributed by atoms with Gasteiger partial charge in [-0.1, -0.05) is 115 Å². The smallest absolute Gasteiger partial charge is 0.235 e. The Morgan fingerprint density at radius 2 is 1.08 bits per heavy atom. The van der Waals surface area contributed by atoms with Gasteiger partial charge in [-0.3, -0.25) is 4.57 Å². The molecule has 0 amide bonds. The maximum atomic E-state index is 6.70. The Kier molecular flexibility index (Phi) is 5.08. The highest BCUT2D eigenvalue weighted by Crippen LogP contribution is 2.43. The summed E-state index contributed by atoms with van der Waals surface area (Å²) in [5.74, 6) is 0.631. The van der Waals surface area contributed by atoms with E-state index in [0.29, 0.717) is 5.95 Å². The molecule has 0 unspecified atom stereocenters. The molecule has 11 rings (SSSR count). The topological polar surface area (TPSA) is 43.9 Å². The van der Waals surface area contributed by atoms with Gasteiger partial charge >= 0.3 is 0 Å². The fourth-order valence-electron chi connectivity index (χ4n) is 7.81. The van der Waals surface area contributed by atoms with Crippen LogP contribution in [0.4, 0.5) is 0 Å². The van der Waals surface area contributed by atoms with Gasteiger partial charge in [0, 0.05) is 32.5 Å². The van der Waals surface area contributed by atoms with Gasteiger partial charge in [-0.15, -0.1) is 0 Å². The molecule has 0 aliphatic carbocycles. The summed E-state index contributed by atoms with van der Waals surface area (Å²) < 4.78 is 8.94. The van der Waals surface area contributed by atoms with Gasteiger partial charge in [-0.2, -0.15) is 0 Å². The Bertz CT molecular complexity index is 3130. The van der Waals surface area contributed by atoms with Crippen molar-refractivity contribution >= 4 is 87.0 Å². The number of furan rings is 1. The van der Waals surface area contributed by atoms with Gasteiger partial charge < -0.3 is 4.42 Å². The molecule has 48 heavy (non-hydrogen) atoms. The minimum Gasteiger partial charge on any atom is -0.455 e. The highest BCUT2D eigenvalue weighted by molar-refractivity contribution is 6.24. The minimum atomic E-state index is 0.631. The molecule has 11 aromatic rings. The number of hydrogen-bond acceptors (Lipinski definition) is 3. The van der Waals surface area contributed by atoms with E-state index in [-0.39, 0.29) is 0 Å². The van der Waals surface area contributed by atoms with Crippen LogP contribution in [0, 0.1) is 0 Å². The van der Waals surface area contributed by atoms with Crippen molar-refractivity contribution < 1.29 is 4.42 Å². The van der Waals surface area contributed by atoms with E-state index in [2.05, 4.69) is 138 Å². The predicted molar refractivity (Wildman–Crippen MR) is 199 cm³/mol. The molecule has 4 heteroatoms. The highest BCUT2D eigenvalue weighted by atomic mass is 16.3. The molecule has 8 aromatic carbocycles. The van der Waals surface area contributed by atoms with Crippen LogP contribution in [-0.4, -0.2) is 14.5 Å². The second-order valence-electron chi connectivity index (χ2n) is 12.6. The molecule has 0 fully saturated rings. The molecule has 222 valence electrons. The zero-order valence-electron chi connectivity index (χ0n) is 25.7. The molecule has 0 radical (unpaired) electrons. The van der Waals surface area contributed by atoms with Crippen LogP contribution < -0.4 is 0 Å². The molecule has 0 aliphatic heterocycles. The normalized spacial score (nSPS) is 12.2. The largest absolute Gasteiger partial charge is 0.455 e. The average molecular weight is 612 g/mol. The van der Waals surface area contributed by atoms with E-state index in [4.69, 9.17) is 14.4 Å². The monoisotopic (exact) mass is 611 g/mol. The first kappa shape index (κ1) is 25.6. The van der Waals surface area contributed by atoms with E-state index in [1.807, 2.05) is 18.2 Å². The van der Waals surface area contributed by atoms with Gasteiger partial charge in [-0.25, -0.2) is 9.97 Å². The zero-order valence-corrected chi connectivity index (χ0v) is 25.7. The fraction of sp³-hybridized carbons (Fsp3) is 0. The summed E-state index contributed by atoms with van der Waals surface area (Å²) in [5, 5.41) is 12.7. The summed E-state index contributed by atoms with van der Waals surface area (Å²) in [5.41, 5.74) is 6.54. The molecule has 3 aromatic heterocycles. The molecule has 3 heterocycles. The Labute approximate surface area is 274 Å². The van der Waals surface area contributed by atoms with Crippen molar-refractivity contribution in [2.75, 3.05) is 0 Å². The van der Waals surface area contributed by atoms with E-state index in [1.165, 1.54) is 37.7 Å². The van der Waals surface area contributed by atoms with Crippen molar-refractivity contribution in [3.05, 3.63) is 152 Å². The van der Waals surface area contributed by atoms with Crippen LogP contribution in [0.15, 0.2) is 156 Å². The van der Waals surface area contributed by atoms with Gasteiger partial charge in [-0.05, 0) is 68.7 Å². The van der Waals surface area contributed by atoms with Crippen LogP contribution in [0.3, 0.4) is 0 Å². The minimum absolute atomic E-state index is 0.631. The molecule has 0 aliphatic rings. The molecule has 0 saturated heterocycles. The summed E-state index contributed by atoms with van der Waals surface area (Å²) in [4.78, 5) is 10.8. The first-order valence-electron chi connectivity index (χ1n) is 16.3. The van der Waals surface area contributed by atoms with Gasteiger partial charge in [0.15, 0.2) is 0 Å². The Balaban J connectivity index is 1.31. The Morgan fingerprint density at radius 1 is 0.438 bits per heavy atom. The maximum Gasteiger partial charge on any atom is 0.235 e. The summed E-state index contributed by atoms with van der Waals surface area (Å²) in [6.07, 6.45) is 0. The number of hydrogen-bond donors (Lipinski definition) is 0. The first-order chi connectivity index (χ1) is 23.8. The van der Waals surface area contributed by atoms with Crippen molar-refractivity contribution in [3.8, 4) is 17.2 Å². The quantitative estimate of drug-likeness (QED) is 0.195. The summed E-state index contributed by atoms with van der Waals surface area (Å²) >= 11 is 0. The number of aromatic nitrogens is 3. The van der Waals surface area contributed by atoms with Crippen LogP contribution in [0.1, 0.15) is 0 Å². The van der Waals surface area contributed by atoms with Crippen LogP contribution in [0.5, 0.6) is 0 Å². The maximum absolute atomic E-state index is 6.70. The van der Waals surface area contributed by atoms with Crippen molar-refractivity contribution in [1.82, 2.24) is 14.5 Å². The van der Waals surface area contributed by atoms with Crippen LogP contribution in [-0.2, 0) is 0 Å². The third-order valence-corrected chi connectivity index (χ3v) is 9.94. The van der Waals surface area contributed by atoms with E-state index in [0.717, 1.165) is 60.5 Å². The number of nitrogens with zero attached hydrogens (tertiary/aromatic N) is 3. The van der Waals surface area contributed by atoms with Crippen molar-refractivity contribution in [3.63, 3.8) is 0 Å². The molecule has 0 bridgehead atoms. The third-order valence-electron chi connectivity index (χ3n) is 9.94. The number of fused-ring (bicyclic) bond motifs is 12. The lowest BCUT2D eigenvalue weighted by Crippen LogP contribution is -2.03. The average Bonchev–Trinajstić information content (AvgIpc) is 3.69. The molecular weight excluding hydrogens is 587 g/mol. The lowest BCUT2D eigenvalue weighted by molar-refractivity contribution is 0.670. The van der Waals surface area contributed by atoms with Gasteiger partial charge in [0.05, 0.1) is 22.2 Å². The number of benzene rings is 8. The van der Waals surface area contributed by atoms with Crippen molar-refractivity contribution in [2.45, 2.75) is 0 Å². The van der Waals surface area contributed by atoms with Crippen LogP contribution >= 0.6 is 0 Å². The summed E-state index contributed by atoms with van der Waals surface area (Å²) in [6, 6.07) is 53.6. The van der Waals surface area contributed by atoms with Crippen molar-refractivity contribution in [2.24, 2.45) is 0 Å². The van der Waals surface area contributed by atoms with E-state index < -0.39 is 0 Å². The standard InChI is InChI=1S/C44H25N3O/c1-2-13-28-25-38-34(23-27(28)12-1)40-30-15-5-3-11-26(30)21-22-37(40)47(38)44-45-36-19-9-7-17-32(36)42(46-44)35-24-29-14-4-6-16-31(29)41-33-18-8-10-20-39(33)48-43(35)41/h1-25H. The molecule has 0 atom stereocenters. The Hall–Kier alpha value is -6.52. The van der Waals surface area contributed by atoms with Crippen LogP contribution in [0.2, 0.25) is 0 Å². The summed E-state index contributed by atoms with van der Waals surface area (Å²) in [7, 11) is 0. The summed E-state index contributed by atoms with van der Waals surface area (Å²) in [6.45, 7) is 0. The molecular formula is C44H25N3O. The fourth-order valence-corrected chi connectivity index (χ4v) is 7.81. The van der Waals surface area contributed by atoms with E-state index in [9.17, 15) is 0 Å². The predicted octanol–water partition coefficient (Wildman–Crippen LogP) is 11.8. The van der Waals surface area contributed by atoms with Gasteiger partial charge in [0.2, 0.25) is 5.95 Å². The second kappa shape index (κ2) is 9.50. The lowest BCUT2D eigenvalue weighted by Gasteiger charge is -2.13. The van der Waals surface area contributed by atoms with E-state index in [1.54, 1.807) is 0 Å². The third kappa shape index (κ3) is 3.49. The first-order valence-corrected chi connectivity index (χ1v) is 16.3. The van der Waals surface area contributed by atoms with Gasteiger partial charge in [0.1, 0.15) is 11.2 Å². The Morgan fingerprint density at radius 3 is 1.92 bits per heavy atom. The lowest BCUT2D eigenvalue weighted by atomic mass is 9.97. The second-order valence-corrected chi connectivity index (χ2v) is 12.6. The SMILES string of the molecule is c1ccc2cc3c(cc2c1)c1c2ccccc2ccc1n3-c1nc(-c2cc3ccccc3c3c2oc2ccccc23)c2ccccc2n1. The molecule has 0 saturated carbocycles. The van der Waals surface area contributed by atoms with Gasteiger partial charge in [0.25, 0.3) is 0 Å². The molecule has 0 N–H and O–H groups in total. The zero-order chi connectivity index (χ0) is 31.3. The van der Waals surface area contributed by atoms with E-state index >= 15 is 0 Å². The van der Waals surface area contributed by atoms with Crippen LogP contribution in [0.25, 0.3) is 104 Å². The number of rotatable bonds is 2. The highest BCUT2D eigenvalue weighted by Gasteiger charge is 2.22. The number of para-hydroxylation sites is 2. The van der Waals surface area contributed by atoms with Crippen molar-refractivity contribution in [1.29, 1.82) is 0 Å².